The first kappa shape index (κ1) is 17.0. The van der Waals surface area contributed by atoms with E-state index in [1.165, 1.54) is 0 Å². The molecule has 0 aliphatic carbocycles. The average molecular weight is 279 g/mol. The molecule has 0 saturated carbocycles. The Morgan fingerprint density at radius 1 is 1.25 bits per heavy atom. The number of benzene rings is 1. The fourth-order valence-corrected chi connectivity index (χ4v) is 2.04. The predicted octanol–water partition coefficient (Wildman–Crippen LogP) is 3.32. The maximum absolute atomic E-state index is 10.6. The van der Waals surface area contributed by atoms with Crippen molar-refractivity contribution in [2.24, 2.45) is 5.92 Å². The minimum Gasteiger partial charge on any atom is -0.491 e. The van der Waals surface area contributed by atoms with Crippen LogP contribution in [0.4, 0.5) is 0 Å². The van der Waals surface area contributed by atoms with Crippen molar-refractivity contribution in [1.82, 2.24) is 5.32 Å². The zero-order chi connectivity index (χ0) is 15.2. The molecule has 3 heteroatoms. The van der Waals surface area contributed by atoms with Gasteiger partial charge in [0, 0.05) is 0 Å². The van der Waals surface area contributed by atoms with Crippen molar-refractivity contribution >= 4 is 0 Å². The number of hydrogen-bond acceptors (Lipinski definition) is 3. The molecule has 0 bridgehead atoms. The van der Waals surface area contributed by atoms with Crippen molar-refractivity contribution in [2.75, 3.05) is 13.1 Å². The molecule has 3 nitrogen and oxygen atoms in total. The molecule has 1 unspecified atom stereocenters. The lowest BCUT2D eigenvalue weighted by atomic mass is 9.92. The molecule has 0 heterocycles. The number of ether oxygens (including phenoxy) is 1. The van der Waals surface area contributed by atoms with Crippen molar-refractivity contribution < 1.29 is 9.84 Å². The van der Waals surface area contributed by atoms with E-state index < -0.39 is 5.60 Å². The molecule has 0 saturated heterocycles. The lowest BCUT2D eigenvalue weighted by Gasteiger charge is -2.25. The summed E-state index contributed by atoms with van der Waals surface area (Å²) in [6.45, 7) is 12.0. The highest BCUT2D eigenvalue weighted by molar-refractivity contribution is 5.32. The van der Waals surface area contributed by atoms with Gasteiger partial charge in [-0.1, -0.05) is 26.0 Å². The molecule has 114 valence electrons. The number of rotatable bonds is 8. The van der Waals surface area contributed by atoms with Crippen LogP contribution in [0.2, 0.25) is 0 Å². The van der Waals surface area contributed by atoms with Gasteiger partial charge >= 0.3 is 0 Å². The number of aliphatic hydroxyl groups is 1. The van der Waals surface area contributed by atoms with E-state index in [1.807, 2.05) is 45.0 Å². The smallest absolute Gasteiger partial charge is 0.120 e. The Labute approximate surface area is 123 Å². The van der Waals surface area contributed by atoms with Crippen molar-refractivity contribution in [2.45, 2.75) is 52.7 Å². The first-order chi connectivity index (χ1) is 9.31. The summed E-state index contributed by atoms with van der Waals surface area (Å²) in [5, 5.41) is 14.0. The second-order valence-electron chi connectivity index (χ2n) is 6.32. The second-order valence-corrected chi connectivity index (χ2v) is 6.32. The molecule has 0 aliphatic heterocycles. The van der Waals surface area contributed by atoms with Crippen molar-refractivity contribution in [1.29, 1.82) is 0 Å². The quantitative estimate of drug-likeness (QED) is 0.717. The molecule has 0 fully saturated rings. The summed E-state index contributed by atoms with van der Waals surface area (Å²) < 4.78 is 5.68. The zero-order valence-corrected chi connectivity index (χ0v) is 13.4. The van der Waals surface area contributed by atoms with Gasteiger partial charge in [-0.3, -0.25) is 0 Å². The van der Waals surface area contributed by atoms with Crippen LogP contribution < -0.4 is 10.1 Å². The molecule has 0 amide bonds. The van der Waals surface area contributed by atoms with Crippen molar-refractivity contribution in [3.05, 3.63) is 29.8 Å². The minimum absolute atomic E-state index is 0.142. The third kappa shape index (κ3) is 5.93. The lowest BCUT2D eigenvalue weighted by molar-refractivity contribution is 0.0474. The summed E-state index contributed by atoms with van der Waals surface area (Å²) in [4.78, 5) is 0. The van der Waals surface area contributed by atoms with Gasteiger partial charge in [-0.15, -0.1) is 0 Å². The molecule has 0 aromatic heterocycles. The standard InChI is InChI=1S/C17H29NO2/c1-13(2)12-18-10-9-17(5,19)15-7-6-8-16(11-15)20-14(3)4/h6-8,11,13-14,18-19H,9-10,12H2,1-5H3. The zero-order valence-electron chi connectivity index (χ0n) is 13.4. The Bertz CT molecular complexity index is 400. The molecule has 0 radical (unpaired) electrons. The van der Waals surface area contributed by atoms with E-state index >= 15 is 0 Å². The third-order valence-electron chi connectivity index (χ3n) is 3.17. The SMILES string of the molecule is CC(C)CNCCC(C)(O)c1cccc(OC(C)C)c1. The molecule has 1 aromatic rings. The van der Waals surface area contributed by atoms with Crippen LogP contribution >= 0.6 is 0 Å². The largest absolute Gasteiger partial charge is 0.491 e. The van der Waals surface area contributed by atoms with Crippen molar-refractivity contribution in [3.8, 4) is 5.75 Å². The van der Waals surface area contributed by atoms with Crippen molar-refractivity contribution in [3.63, 3.8) is 0 Å². The van der Waals surface area contributed by atoms with Crippen LogP contribution in [0.15, 0.2) is 24.3 Å². The van der Waals surface area contributed by atoms with E-state index in [-0.39, 0.29) is 6.10 Å². The van der Waals surface area contributed by atoms with E-state index in [4.69, 9.17) is 4.74 Å². The Balaban J connectivity index is 2.61. The van der Waals surface area contributed by atoms with Crippen LogP contribution in [0.25, 0.3) is 0 Å². The molecule has 0 aliphatic rings. The van der Waals surface area contributed by atoms with Crippen LogP contribution in [0.3, 0.4) is 0 Å². The summed E-state index contributed by atoms with van der Waals surface area (Å²) in [6.07, 6.45) is 0.827. The Morgan fingerprint density at radius 3 is 2.55 bits per heavy atom. The molecule has 1 rings (SSSR count). The van der Waals surface area contributed by atoms with E-state index in [2.05, 4.69) is 19.2 Å². The van der Waals surface area contributed by atoms with E-state index in [0.29, 0.717) is 12.3 Å². The fourth-order valence-electron chi connectivity index (χ4n) is 2.04. The average Bonchev–Trinajstić information content (AvgIpc) is 2.34. The van der Waals surface area contributed by atoms with Gasteiger partial charge in [-0.25, -0.2) is 0 Å². The van der Waals surface area contributed by atoms with Gasteiger partial charge in [0.25, 0.3) is 0 Å². The summed E-state index contributed by atoms with van der Waals surface area (Å²) in [6, 6.07) is 7.75. The lowest BCUT2D eigenvalue weighted by Crippen LogP contribution is -2.29. The number of nitrogens with one attached hydrogen (secondary N) is 1. The van der Waals surface area contributed by atoms with Crippen LogP contribution in [-0.2, 0) is 5.60 Å². The Morgan fingerprint density at radius 2 is 1.95 bits per heavy atom. The molecular formula is C17H29NO2. The monoisotopic (exact) mass is 279 g/mol. The van der Waals surface area contributed by atoms with E-state index in [9.17, 15) is 5.11 Å². The first-order valence-electron chi connectivity index (χ1n) is 7.51. The van der Waals surface area contributed by atoms with Crippen LogP contribution in [0.1, 0.15) is 46.6 Å². The van der Waals surface area contributed by atoms with Crippen LogP contribution in [-0.4, -0.2) is 24.3 Å². The fraction of sp³-hybridized carbons (Fsp3) is 0.647. The van der Waals surface area contributed by atoms with Gasteiger partial charge in [-0.2, -0.15) is 0 Å². The highest BCUT2D eigenvalue weighted by atomic mass is 16.5. The Kier molecular flexibility index (Phi) is 6.50. The molecule has 2 N–H and O–H groups in total. The topological polar surface area (TPSA) is 41.5 Å². The van der Waals surface area contributed by atoms with E-state index in [0.717, 1.165) is 24.4 Å². The molecule has 0 spiro atoms. The van der Waals surface area contributed by atoms with Crippen LogP contribution in [0.5, 0.6) is 5.75 Å². The third-order valence-corrected chi connectivity index (χ3v) is 3.17. The molecular weight excluding hydrogens is 250 g/mol. The highest BCUT2D eigenvalue weighted by Gasteiger charge is 2.23. The van der Waals surface area contributed by atoms with E-state index in [1.54, 1.807) is 0 Å². The summed E-state index contributed by atoms with van der Waals surface area (Å²) >= 11 is 0. The van der Waals surface area contributed by atoms with Gasteiger partial charge in [0.15, 0.2) is 0 Å². The molecule has 20 heavy (non-hydrogen) atoms. The maximum Gasteiger partial charge on any atom is 0.120 e. The number of hydrogen-bond donors (Lipinski definition) is 2. The second kappa shape index (κ2) is 7.65. The summed E-state index contributed by atoms with van der Waals surface area (Å²) in [5.74, 6) is 1.44. The van der Waals surface area contributed by atoms with Gasteiger partial charge in [-0.05, 0) is 63.9 Å². The predicted molar refractivity (Wildman–Crippen MR) is 84.1 cm³/mol. The maximum atomic E-state index is 10.6. The van der Waals surface area contributed by atoms with Crippen LogP contribution in [0, 0.1) is 5.92 Å². The van der Waals surface area contributed by atoms with Gasteiger partial charge in [0.2, 0.25) is 0 Å². The van der Waals surface area contributed by atoms with Gasteiger partial charge in [0.05, 0.1) is 11.7 Å². The van der Waals surface area contributed by atoms with Gasteiger partial charge < -0.3 is 15.2 Å². The summed E-state index contributed by atoms with van der Waals surface area (Å²) in [5.41, 5.74) is 0.0716. The Hall–Kier alpha value is -1.06. The minimum atomic E-state index is -0.833. The normalized spacial score (nSPS) is 14.6. The molecule has 1 atom stereocenters. The summed E-state index contributed by atoms with van der Waals surface area (Å²) in [7, 11) is 0. The first-order valence-corrected chi connectivity index (χ1v) is 7.51. The van der Waals surface area contributed by atoms with Gasteiger partial charge in [0.1, 0.15) is 5.75 Å². The molecule has 1 aromatic carbocycles. The highest BCUT2D eigenvalue weighted by Crippen LogP contribution is 2.27.